The van der Waals surface area contributed by atoms with Gasteiger partial charge in [0.1, 0.15) is 37.1 Å². The van der Waals surface area contributed by atoms with Crippen LogP contribution in [0.25, 0.3) is 0 Å². The molecule has 2 N–H and O–H groups in total. The average molecular weight is 469 g/mol. The van der Waals surface area contributed by atoms with E-state index in [0.29, 0.717) is 31.3 Å². The minimum absolute atomic E-state index is 0.105. The van der Waals surface area contributed by atoms with Gasteiger partial charge in [0, 0.05) is 11.8 Å². The second-order valence-electron chi connectivity index (χ2n) is 7.71. The van der Waals surface area contributed by atoms with Gasteiger partial charge in [0.25, 0.3) is 0 Å². The van der Waals surface area contributed by atoms with Gasteiger partial charge in [0.15, 0.2) is 0 Å². The third-order valence-corrected chi connectivity index (χ3v) is 5.05. The molecule has 0 aliphatic rings. The summed E-state index contributed by atoms with van der Waals surface area (Å²) in [4.78, 5) is 12.6. The van der Waals surface area contributed by atoms with Crippen molar-refractivity contribution in [2.24, 2.45) is 0 Å². The van der Waals surface area contributed by atoms with Crippen LogP contribution in [-0.2, 0) is 11.4 Å². The Balaban J connectivity index is 1.23. The van der Waals surface area contributed by atoms with Gasteiger partial charge in [-0.1, -0.05) is 66.7 Å². The van der Waals surface area contributed by atoms with Gasteiger partial charge in [-0.15, -0.1) is 0 Å². The second-order valence-corrected chi connectivity index (χ2v) is 7.71. The SMILES string of the molecule is O=C(CNc1cccc(OCc2ccccc2)c1)Nc1ccccc1OCCOc1ccccc1. The normalized spacial score (nSPS) is 10.3. The minimum Gasteiger partial charge on any atom is -0.490 e. The highest BCUT2D eigenvalue weighted by Gasteiger charge is 2.08. The topological polar surface area (TPSA) is 68.8 Å². The van der Waals surface area contributed by atoms with E-state index in [-0.39, 0.29) is 12.5 Å². The minimum atomic E-state index is -0.183. The molecule has 0 bridgehead atoms. The summed E-state index contributed by atoms with van der Waals surface area (Å²) in [5, 5.41) is 6.04. The Labute approximate surface area is 205 Å². The zero-order chi connectivity index (χ0) is 24.1. The maximum atomic E-state index is 12.6. The van der Waals surface area contributed by atoms with Gasteiger partial charge in [-0.2, -0.15) is 0 Å². The fraction of sp³-hybridized carbons (Fsp3) is 0.138. The van der Waals surface area contributed by atoms with Gasteiger partial charge >= 0.3 is 0 Å². The van der Waals surface area contributed by atoms with E-state index < -0.39 is 0 Å². The average Bonchev–Trinajstić information content (AvgIpc) is 2.91. The molecule has 4 aromatic rings. The van der Waals surface area contributed by atoms with Crippen molar-refractivity contribution in [2.45, 2.75) is 6.61 Å². The van der Waals surface area contributed by atoms with Crippen LogP contribution in [0.1, 0.15) is 5.56 Å². The highest BCUT2D eigenvalue weighted by molar-refractivity contribution is 5.95. The Hall–Kier alpha value is -4.45. The first-order valence-electron chi connectivity index (χ1n) is 11.5. The number of rotatable bonds is 12. The molecule has 0 aliphatic heterocycles. The first-order valence-corrected chi connectivity index (χ1v) is 11.5. The van der Waals surface area contributed by atoms with E-state index in [1.807, 2.05) is 109 Å². The Morgan fingerprint density at radius 2 is 1.34 bits per heavy atom. The quantitative estimate of drug-likeness (QED) is 0.258. The van der Waals surface area contributed by atoms with Crippen LogP contribution in [-0.4, -0.2) is 25.7 Å². The molecule has 0 radical (unpaired) electrons. The molecule has 6 heteroatoms. The van der Waals surface area contributed by atoms with Crippen LogP contribution in [0.2, 0.25) is 0 Å². The summed E-state index contributed by atoms with van der Waals surface area (Å²) in [7, 11) is 0. The molecule has 35 heavy (non-hydrogen) atoms. The monoisotopic (exact) mass is 468 g/mol. The van der Waals surface area contributed by atoms with Crippen molar-refractivity contribution in [3.8, 4) is 17.2 Å². The second kappa shape index (κ2) is 12.7. The Kier molecular flexibility index (Phi) is 8.60. The Morgan fingerprint density at radius 1 is 0.657 bits per heavy atom. The van der Waals surface area contributed by atoms with Gasteiger partial charge in [-0.25, -0.2) is 0 Å². The van der Waals surface area contributed by atoms with Gasteiger partial charge in [-0.05, 0) is 42.0 Å². The van der Waals surface area contributed by atoms with E-state index in [4.69, 9.17) is 14.2 Å². The number of para-hydroxylation sites is 3. The van der Waals surface area contributed by atoms with Crippen molar-refractivity contribution >= 4 is 17.3 Å². The number of hydrogen-bond donors (Lipinski definition) is 2. The van der Waals surface area contributed by atoms with Gasteiger partial charge in [0.05, 0.1) is 12.2 Å². The molecule has 4 rings (SSSR count). The third-order valence-electron chi connectivity index (χ3n) is 5.05. The lowest BCUT2D eigenvalue weighted by Crippen LogP contribution is -2.22. The number of ether oxygens (including phenoxy) is 3. The van der Waals surface area contributed by atoms with Crippen LogP contribution in [0.15, 0.2) is 109 Å². The van der Waals surface area contributed by atoms with E-state index in [2.05, 4.69) is 10.6 Å². The van der Waals surface area contributed by atoms with Gasteiger partial charge in [0.2, 0.25) is 5.91 Å². The smallest absolute Gasteiger partial charge is 0.243 e. The van der Waals surface area contributed by atoms with Crippen molar-refractivity contribution in [1.82, 2.24) is 0 Å². The molecule has 0 saturated heterocycles. The lowest BCUT2D eigenvalue weighted by molar-refractivity contribution is -0.114. The summed E-state index contributed by atoms with van der Waals surface area (Å²) in [6.07, 6.45) is 0. The van der Waals surface area contributed by atoms with Crippen LogP contribution in [0.3, 0.4) is 0 Å². The number of anilines is 2. The Bertz CT molecular complexity index is 1200. The fourth-order valence-electron chi connectivity index (χ4n) is 3.34. The van der Waals surface area contributed by atoms with Crippen molar-refractivity contribution < 1.29 is 19.0 Å². The molecule has 1 amide bonds. The molecule has 0 fully saturated rings. The molecule has 0 unspecified atom stereocenters. The first-order chi connectivity index (χ1) is 17.3. The molecule has 0 aliphatic carbocycles. The largest absolute Gasteiger partial charge is 0.490 e. The van der Waals surface area contributed by atoms with Crippen molar-refractivity contribution in [3.05, 3.63) is 115 Å². The van der Waals surface area contributed by atoms with Crippen molar-refractivity contribution in [3.63, 3.8) is 0 Å². The molecular weight excluding hydrogens is 440 g/mol. The predicted octanol–water partition coefficient (Wildman–Crippen LogP) is 5.77. The molecule has 0 spiro atoms. The Morgan fingerprint density at radius 3 is 2.17 bits per heavy atom. The van der Waals surface area contributed by atoms with E-state index in [9.17, 15) is 4.79 Å². The zero-order valence-corrected chi connectivity index (χ0v) is 19.4. The summed E-state index contributed by atoms with van der Waals surface area (Å²) >= 11 is 0. The standard InChI is InChI=1S/C29H28N2O4/c32-29(21-30-24-12-9-15-26(20-24)35-22-23-10-3-1-4-11-23)31-27-16-7-8-17-28(27)34-19-18-33-25-13-5-2-6-14-25/h1-17,20,30H,18-19,21-22H2,(H,31,32). The molecule has 4 aromatic carbocycles. The molecule has 0 heterocycles. The molecular formula is C29H28N2O4. The summed E-state index contributed by atoms with van der Waals surface area (Å²) in [5.41, 5.74) is 2.50. The summed E-state index contributed by atoms with van der Waals surface area (Å²) in [6, 6.07) is 34.4. The number of carbonyl (C=O) groups excluding carboxylic acids is 1. The maximum absolute atomic E-state index is 12.6. The first kappa shape index (κ1) is 23.7. The number of hydrogen-bond acceptors (Lipinski definition) is 5. The van der Waals surface area contributed by atoms with Crippen LogP contribution >= 0.6 is 0 Å². The van der Waals surface area contributed by atoms with E-state index in [1.54, 1.807) is 0 Å². The predicted molar refractivity (Wildman–Crippen MR) is 138 cm³/mol. The number of carbonyl (C=O) groups is 1. The lowest BCUT2D eigenvalue weighted by Gasteiger charge is -2.14. The summed E-state index contributed by atoms with van der Waals surface area (Å²) in [6.45, 7) is 1.35. The zero-order valence-electron chi connectivity index (χ0n) is 19.4. The highest BCUT2D eigenvalue weighted by atomic mass is 16.5. The molecule has 178 valence electrons. The maximum Gasteiger partial charge on any atom is 0.243 e. The number of nitrogens with one attached hydrogen (secondary N) is 2. The lowest BCUT2D eigenvalue weighted by atomic mass is 10.2. The van der Waals surface area contributed by atoms with Crippen molar-refractivity contribution in [1.29, 1.82) is 0 Å². The summed E-state index contributed by atoms with van der Waals surface area (Å²) in [5.74, 6) is 1.93. The number of amides is 1. The molecule has 0 atom stereocenters. The van der Waals surface area contributed by atoms with Crippen molar-refractivity contribution in [2.75, 3.05) is 30.4 Å². The summed E-state index contributed by atoms with van der Waals surface area (Å²) < 4.78 is 17.3. The molecule has 0 saturated carbocycles. The number of benzene rings is 4. The van der Waals surface area contributed by atoms with E-state index >= 15 is 0 Å². The van der Waals surface area contributed by atoms with Gasteiger partial charge in [-0.3, -0.25) is 4.79 Å². The highest BCUT2D eigenvalue weighted by Crippen LogP contribution is 2.24. The molecule has 0 aromatic heterocycles. The van der Waals surface area contributed by atoms with Crippen LogP contribution in [0.5, 0.6) is 17.2 Å². The molecule has 6 nitrogen and oxygen atoms in total. The third kappa shape index (κ3) is 7.82. The van der Waals surface area contributed by atoms with E-state index in [0.717, 1.165) is 22.7 Å². The van der Waals surface area contributed by atoms with Gasteiger partial charge < -0.3 is 24.8 Å². The fourth-order valence-corrected chi connectivity index (χ4v) is 3.34. The van der Waals surface area contributed by atoms with Crippen LogP contribution < -0.4 is 24.8 Å². The van der Waals surface area contributed by atoms with Crippen LogP contribution in [0.4, 0.5) is 11.4 Å². The van der Waals surface area contributed by atoms with E-state index in [1.165, 1.54) is 0 Å². The van der Waals surface area contributed by atoms with Crippen LogP contribution in [0, 0.1) is 0 Å².